The molecule has 0 aromatic carbocycles. The first-order valence-corrected chi connectivity index (χ1v) is 7.05. The summed E-state index contributed by atoms with van der Waals surface area (Å²) in [6.07, 6.45) is 3.45. The van der Waals surface area contributed by atoms with Gasteiger partial charge in [-0.15, -0.1) is 0 Å². The van der Waals surface area contributed by atoms with Gasteiger partial charge in [-0.1, -0.05) is 19.4 Å². The van der Waals surface area contributed by atoms with Crippen LogP contribution in [0.15, 0.2) is 12.2 Å². The maximum absolute atomic E-state index is 11.8. The van der Waals surface area contributed by atoms with E-state index in [9.17, 15) is 14.4 Å². The Morgan fingerprint density at radius 2 is 1.67 bits per heavy atom. The van der Waals surface area contributed by atoms with Gasteiger partial charge in [-0.2, -0.15) is 0 Å². The van der Waals surface area contributed by atoms with E-state index in [2.05, 4.69) is 6.58 Å². The first-order valence-electron chi connectivity index (χ1n) is 7.05. The summed E-state index contributed by atoms with van der Waals surface area (Å²) in [5.74, 6) is -1.85. The molecule has 0 radical (unpaired) electrons. The molecule has 1 rings (SSSR count). The van der Waals surface area contributed by atoms with Crippen molar-refractivity contribution in [3.05, 3.63) is 12.2 Å². The Bertz CT molecular complexity index is 420. The predicted octanol–water partition coefficient (Wildman–Crippen LogP) is 2.07. The minimum atomic E-state index is -0.889. The fraction of sp³-hybridized carbons (Fsp3) is 0.667. The molecular formula is C15H22O6. The molecule has 1 aliphatic carbocycles. The van der Waals surface area contributed by atoms with Gasteiger partial charge in [-0.05, 0) is 25.2 Å². The van der Waals surface area contributed by atoms with Crippen molar-refractivity contribution < 1.29 is 29.0 Å². The standard InChI is InChI=1S/C15H22O6/c1-11(2)14(19)21-8-7-20-13(18)10-15(9-12(16)17)5-3-4-6-15/h1,3-10H2,2H3,(H,16,17). The number of carboxylic acid groups (broad SMARTS) is 1. The maximum Gasteiger partial charge on any atom is 0.333 e. The summed E-state index contributed by atoms with van der Waals surface area (Å²) in [6, 6.07) is 0. The average Bonchev–Trinajstić information content (AvgIpc) is 2.81. The zero-order chi connectivity index (χ0) is 15.9. The van der Waals surface area contributed by atoms with E-state index in [-0.39, 0.29) is 31.6 Å². The zero-order valence-electron chi connectivity index (χ0n) is 12.4. The van der Waals surface area contributed by atoms with Crippen molar-refractivity contribution in [1.82, 2.24) is 0 Å². The van der Waals surface area contributed by atoms with Gasteiger partial charge in [0.05, 0.1) is 12.8 Å². The third kappa shape index (κ3) is 5.97. The lowest BCUT2D eigenvalue weighted by Crippen LogP contribution is -2.26. The molecule has 0 aromatic heterocycles. The minimum Gasteiger partial charge on any atom is -0.481 e. The molecule has 0 amide bonds. The summed E-state index contributed by atoms with van der Waals surface area (Å²) >= 11 is 0. The number of esters is 2. The van der Waals surface area contributed by atoms with E-state index in [1.807, 2.05) is 0 Å². The lowest BCUT2D eigenvalue weighted by molar-refractivity contribution is -0.153. The lowest BCUT2D eigenvalue weighted by Gasteiger charge is -2.25. The van der Waals surface area contributed by atoms with Gasteiger partial charge in [0.1, 0.15) is 13.2 Å². The Kier molecular flexibility index (Phi) is 6.39. The van der Waals surface area contributed by atoms with Crippen LogP contribution in [0.3, 0.4) is 0 Å². The largest absolute Gasteiger partial charge is 0.481 e. The van der Waals surface area contributed by atoms with E-state index in [1.165, 1.54) is 6.92 Å². The summed E-state index contributed by atoms with van der Waals surface area (Å²) in [5.41, 5.74) is -0.190. The van der Waals surface area contributed by atoms with Crippen LogP contribution in [-0.4, -0.2) is 36.2 Å². The number of hydrogen-bond donors (Lipinski definition) is 1. The first kappa shape index (κ1) is 17.2. The van der Waals surface area contributed by atoms with Gasteiger partial charge in [0.25, 0.3) is 0 Å². The molecule has 0 aliphatic heterocycles. The average molecular weight is 298 g/mol. The van der Waals surface area contributed by atoms with Crippen LogP contribution in [0.1, 0.15) is 45.4 Å². The molecule has 0 aromatic rings. The quantitative estimate of drug-likeness (QED) is 0.419. The van der Waals surface area contributed by atoms with Crippen LogP contribution in [0.25, 0.3) is 0 Å². The minimum absolute atomic E-state index is 0.00720. The molecule has 0 bridgehead atoms. The monoisotopic (exact) mass is 298 g/mol. The van der Waals surface area contributed by atoms with Crippen molar-refractivity contribution in [2.75, 3.05) is 13.2 Å². The Hall–Kier alpha value is -1.85. The molecule has 6 nitrogen and oxygen atoms in total. The lowest BCUT2D eigenvalue weighted by atomic mass is 9.79. The molecular weight excluding hydrogens is 276 g/mol. The Morgan fingerprint density at radius 3 is 2.19 bits per heavy atom. The van der Waals surface area contributed by atoms with Crippen LogP contribution in [0.2, 0.25) is 0 Å². The SMILES string of the molecule is C=C(C)C(=O)OCCOC(=O)CC1(CC(=O)O)CCCC1. The van der Waals surface area contributed by atoms with Gasteiger partial charge in [0.2, 0.25) is 0 Å². The topological polar surface area (TPSA) is 89.9 Å². The highest BCUT2D eigenvalue weighted by atomic mass is 16.6. The van der Waals surface area contributed by atoms with Crippen molar-refractivity contribution in [3.8, 4) is 0 Å². The number of carbonyl (C=O) groups excluding carboxylic acids is 2. The van der Waals surface area contributed by atoms with Crippen LogP contribution >= 0.6 is 0 Å². The van der Waals surface area contributed by atoms with Crippen LogP contribution in [0.5, 0.6) is 0 Å². The Balaban J connectivity index is 2.33. The molecule has 0 atom stereocenters. The van der Waals surface area contributed by atoms with E-state index in [1.54, 1.807) is 0 Å². The van der Waals surface area contributed by atoms with Crippen molar-refractivity contribution in [3.63, 3.8) is 0 Å². The third-order valence-corrected chi connectivity index (χ3v) is 3.64. The second-order valence-electron chi connectivity index (χ2n) is 5.59. The van der Waals surface area contributed by atoms with Crippen LogP contribution in [0, 0.1) is 5.41 Å². The maximum atomic E-state index is 11.8. The van der Waals surface area contributed by atoms with Gasteiger partial charge in [-0.25, -0.2) is 4.79 Å². The number of rotatable bonds is 8. The molecule has 1 aliphatic rings. The van der Waals surface area contributed by atoms with Crippen molar-refractivity contribution in [2.24, 2.45) is 5.41 Å². The summed E-state index contributed by atoms with van der Waals surface area (Å²) in [4.78, 5) is 33.8. The van der Waals surface area contributed by atoms with E-state index in [0.717, 1.165) is 25.7 Å². The first-order chi connectivity index (χ1) is 9.84. The van der Waals surface area contributed by atoms with E-state index >= 15 is 0 Å². The van der Waals surface area contributed by atoms with Gasteiger partial charge in [0, 0.05) is 5.57 Å². The van der Waals surface area contributed by atoms with Crippen molar-refractivity contribution >= 4 is 17.9 Å². The third-order valence-electron chi connectivity index (χ3n) is 3.64. The fourth-order valence-electron chi connectivity index (χ4n) is 2.63. The number of carboxylic acids is 1. The van der Waals surface area contributed by atoms with E-state index in [0.29, 0.717) is 0 Å². The van der Waals surface area contributed by atoms with Gasteiger partial charge in [-0.3, -0.25) is 9.59 Å². The van der Waals surface area contributed by atoms with Crippen molar-refractivity contribution in [2.45, 2.75) is 45.4 Å². The number of ether oxygens (including phenoxy) is 2. The van der Waals surface area contributed by atoms with Crippen molar-refractivity contribution in [1.29, 1.82) is 0 Å². The zero-order valence-corrected chi connectivity index (χ0v) is 12.4. The predicted molar refractivity (Wildman–Crippen MR) is 74.5 cm³/mol. The highest BCUT2D eigenvalue weighted by Gasteiger charge is 2.38. The number of hydrogen-bond acceptors (Lipinski definition) is 5. The van der Waals surface area contributed by atoms with Crippen LogP contribution < -0.4 is 0 Å². The second-order valence-corrected chi connectivity index (χ2v) is 5.59. The number of carbonyl (C=O) groups is 3. The fourth-order valence-corrected chi connectivity index (χ4v) is 2.63. The molecule has 118 valence electrons. The van der Waals surface area contributed by atoms with Gasteiger partial charge in [0.15, 0.2) is 0 Å². The normalized spacial score (nSPS) is 16.2. The van der Waals surface area contributed by atoms with E-state index in [4.69, 9.17) is 14.6 Å². The molecule has 21 heavy (non-hydrogen) atoms. The summed E-state index contributed by atoms with van der Waals surface area (Å²) < 4.78 is 9.81. The molecule has 0 unspecified atom stereocenters. The Labute approximate surface area is 124 Å². The highest BCUT2D eigenvalue weighted by molar-refractivity contribution is 5.86. The van der Waals surface area contributed by atoms with Crippen LogP contribution in [0.4, 0.5) is 0 Å². The summed E-state index contributed by atoms with van der Waals surface area (Å²) in [7, 11) is 0. The molecule has 0 saturated heterocycles. The molecule has 6 heteroatoms. The van der Waals surface area contributed by atoms with Gasteiger partial charge >= 0.3 is 17.9 Å². The number of aliphatic carboxylic acids is 1. The second kappa shape index (κ2) is 7.81. The summed E-state index contributed by atoms with van der Waals surface area (Å²) in [6.45, 7) is 4.92. The molecule has 1 N–H and O–H groups in total. The van der Waals surface area contributed by atoms with E-state index < -0.39 is 23.3 Å². The highest BCUT2D eigenvalue weighted by Crippen LogP contribution is 2.44. The van der Waals surface area contributed by atoms with Gasteiger partial charge < -0.3 is 14.6 Å². The Morgan fingerprint density at radius 1 is 1.10 bits per heavy atom. The molecule has 1 saturated carbocycles. The summed E-state index contributed by atoms with van der Waals surface area (Å²) in [5, 5.41) is 8.96. The molecule has 0 heterocycles. The van der Waals surface area contributed by atoms with Crippen LogP contribution in [-0.2, 0) is 23.9 Å². The molecule has 0 spiro atoms. The smallest absolute Gasteiger partial charge is 0.333 e. The molecule has 1 fully saturated rings.